The molecule has 1 aliphatic rings. The second-order valence-corrected chi connectivity index (χ2v) is 5.35. The van der Waals surface area contributed by atoms with Gasteiger partial charge in [0.1, 0.15) is 0 Å². The normalized spacial score (nSPS) is 22.6. The van der Waals surface area contributed by atoms with Gasteiger partial charge in [-0.1, -0.05) is 24.6 Å². The van der Waals surface area contributed by atoms with Gasteiger partial charge >= 0.3 is 0 Å². The van der Waals surface area contributed by atoms with Crippen LogP contribution in [0.4, 0.5) is 0 Å². The van der Waals surface area contributed by atoms with E-state index in [1.165, 1.54) is 12.0 Å². The van der Waals surface area contributed by atoms with Gasteiger partial charge in [0.25, 0.3) is 0 Å². The summed E-state index contributed by atoms with van der Waals surface area (Å²) >= 11 is 0. The van der Waals surface area contributed by atoms with E-state index >= 15 is 0 Å². The first kappa shape index (κ1) is 13.2. The second kappa shape index (κ2) is 6.03. The lowest BCUT2D eigenvalue weighted by atomic mass is 9.79. The first-order valence-electron chi connectivity index (χ1n) is 6.34. The average Bonchev–Trinajstić information content (AvgIpc) is 2.21. The fourth-order valence-corrected chi connectivity index (χ4v) is 2.23. The van der Waals surface area contributed by atoms with E-state index < -0.39 is 0 Å². The van der Waals surface area contributed by atoms with Crippen molar-refractivity contribution in [3.05, 3.63) is 23.3 Å². The first-order chi connectivity index (χ1) is 7.50. The molecule has 1 heteroatoms. The van der Waals surface area contributed by atoms with E-state index in [1.807, 2.05) is 6.92 Å². The SMILES string of the molecule is CC(C)=CCC[C@H](C)C1CC=C(C)C(=O)C1. The molecule has 1 nitrogen and oxygen atoms in total. The molecule has 1 rings (SSSR count). The lowest BCUT2D eigenvalue weighted by Gasteiger charge is -2.25. The number of hydrogen-bond acceptors (Lipinski definition) is 1. The number of carbonyl (C=O) groups is 1. The molecule has 0 N–H and O–H groups in total. The van der Waals surface area contributed by atoms with Crippen LogP contribution in [0.3, 0.4) is 0 Å². The molecule has 0 heterocycles. The third kappa shape index (κ3) is 3.96. The molecule has 0 radical (unpaired) electrons. The molecule has 90 valence electrons. The van der Waals surface area contributed by atoms with Gasteiger partial charge in [0.05, 0.1) is 0 Å². The summed E-state index contributed by atoms with van der Waals surface area (Å²) in [6, 6.07) is 0. The Labute approximate surface area is 99.6 Å². The summed E-state index contributed by atoms with van der Waals surface area (Å²) in [6.45, 7) is 8.50. The predicted molar refractivity (Wildman–Crippen MR) is 69.3 cm³/mol. The van der Waals surface area contributed by atoms with Crippen LogP contribution >= 0.6 is 0 Å². The zero-order chi connectivity index (χ0) is 12.1. The lowest BCUT2D eigenvalue weighted by molar-refractivity contribution is -0.117. The van der Waals surface area contributed by atoms with Gasteiger partial charge in [0.2, 0.25) is 0 Å². The quantitative estimate of drug-likeness (QED) is 0.646. The van der Waals surface area contributed by atoms with Gasteiger partial charge in [-0.15, -0.1) is 0 Å². The number of rotatable bonds is 4. The van der Waals surface area contributed by atoms with E-state index in [0.29, 0.717) is 17.6 Å². The Morgan fingerprint density at radius 2 is 2.25 bits per heavy atom. The Kier molecular flexibility index (Phi) is 4.98. The summed E-state index contributed by atoms with van der Waals surface area (Å²) in [5.41, 5.74) is 2.36. The highest BCUT2D eigenvalue weighted by Gasteiger charge is 2.23. The van der Waals surface area contributed by atoms with Crippen LogP contribution in [0.2, 0.25) is 0 Å². The third-order valence-electron chi connectivity index (χ3n) is 3.59. The highest BCUT2D eigenvalue weighted by molar-refractivity contribution is 5.95. The molecule has 2 atom stereocenters. The summed E-state index contributed by atoms with van der Waals surface area (Å²) in [5.74, 6) is 1.58. The van der Waals surface area contributed by atoms with Gasteiger partial charge in [0.15, 0.2) is 5.78 Å². The highest BCUT2D eigenvalue weighted by Crippen LogP contribution is 2.29. The molecule has 0 saturated carbocycles. The molecule has 0 aromatic rings. The maximum absolute atomic E-state index is 11.6. The van der Waals surface area contributed by atoms with Crippen LogP contribution in [-0.4, -0.2) is 5.78 Å². The van der Waals surface area contributed by atoms with Crippen molar-refractivity contribution in [3.8, 4) is 0 Å². The van der Waals surface area contributed by atoms with Crippen LogP contribution in [0, 0.1) is 11.8 Å². The highest BCUT2D eigenvalue weighted by atomic mass is 16.1. The largest absolute Gasteiger partial charge is 0.295 e. The zero-order valence-corrected chi connectivity index (χ0v) is 11.0. The minimum atomic E-state index is 0.352. The molecule has 0 amide bonds. The van der Waals surface area contributed by atoms with Crippen LogP contribution in [0.15, 0.2) is 23.3 Å². The minimum absolute atomic E-state index is 0.352. The molecular formula is C15H24O. The number of allylic oxidation sites excluding steroid dienone is 4. The van der Waals surface area contributed by atoms with Crippen molar-refractivity contribution in [2.75, 3.05) is 0 Å². The molecule has 0 fully saturated rings. The molecule has 0 spiro atoms. The third-order valence-corrected chi connectivity index (χ3v) is 3.59. The van der Waals surface area contributed by atoms with Crippen molar-refractivity contribution in [3.63, 3.8) is 0 Å². The number of carbonyl (C=O) groups excluding carboxylic acids is 1. The Morgan fingerprint density at radius 3 is 2.81 bits per heavy atom. The summed E-state index contributed by atoms with van der Waals surface area (Å²) in [5, 5.41) is 0. The van der Waals surface area contributed by atoms with Crippen molar-refractivity contribution in [1.82, 2.24) is 0 Å². The molecule has 1 aliphatic carbocycles. The topological polar surface area (TPSA) is 17.1 Å². The van der Waals surface area contributed by atoms with Crippen LogP contribution in [0.5, 0.6) is 0 Å². The first-order valence-corrected chi connectivity index (χ1v) is 6.34. The number of hydrogen-bond donors (Lipinski definition) is 0. The maximum Gasteiger partial charge on any atom is 0.158 e. The van der Waals surface area contributed by atoms with E-state index in [4.69, 9.17) is 0 Å². The second-order valence-electron chi connectivity index (χ2n) is 5.35. The summed E-state index contributed by atoms with van der Waals surface area (Å²) in [6.07, 6.45) is 8.62. The number of Topliss-reactive ketones (excluding diaryl/α,β-unsaturated/α-hetero) is 1. The Hall–Kier alpha value is -0.850. The average molecular weight is 220 g/mol. The van der Waals surface area contributed by atoms with E-state index in [9.17, 15) is 4.79 Å². The summed E-state index contributed by atoms with van der Waals surface area (Å²) < 4.78 is 0. The van der Waals surface area contributed by atoms with Gasteiger partial charge in [-0.2, -0.15) is 0 Å². The monoisotopic (exact) mass is 220 g/mol. The fraction of sp³-hybridized carbons (Fsp3) is 0.667. The van der Waals surface area contributed by atoms with E-state index in [2.05, 4.69) is 32.9 Å². The Bertz CT molecular complexity index is 305. The summed E-state index contributed by atoms with van der Waals surface area (Å²) in [7, 11) is 0. The number of ketones is 1. The maximum atomic E-state index is 11.6. The van der Waals surface area contributed by atoms with Crippen molar-refractivity contribution in [2.24, 2.45) is 11.8 Å². The van der Waals surface area contributed by atoms with Gasteiger partial charge in [-0.25, -0.2) is 0 Å². The van der Waals surface area contributed by atoms with Gasteiger partial charge in [0, 0.05) is 6.42 Å². The molecular weight excluding hydrogens is 196 g/mol. The molecule has 0 aromatic heterocycles. The van der Waals surface area contributed by atoms with Crippen LogP contribution in [-0.2, 0) is 4.79 Å². The van der Waals surface area contributed by atoms with Crippen LogP contribution < -0.4 is 0 Å². The zero-order valence-electron chi connectivity index (χ0n) is 11.0. The van der Waals surface area contributed by atoms with E-state index in [-0.39, 0.29) is 0 Å². The smallest absolute Gasteiger partial charge is 0.158 e. The predicted octanol–water partition coefficient (Wildman–Crippen LogP) is 4.29. The molecule has 16 heavy (non-hydrogen) atoms. The van der Waals surface area contributed by atoms with Crippen molar-refractivity contribution >= 4 is 5.78 Å². The van der Waals surface area contributed by atoms with Gasteiger partial charge in [-0.3, -0.25) is 4.79 Å². The lowest BCUT2D eigenvalue weighted by Crippen LogP contribution is -2.20. The van der Waals surface area contributed by atoms with Gasteiger partial charge in [-0.05, 0) is 57.4 Å². The standard InChI is InChI=1S/C15H24O/c1-11(2)6-5-7-12(3)14-9-8-13(4)15(16)10-14/h6,8,12,14H,5,7,9-10H2,1-4H3/t12-,14?/m0/s1. The Morgan fingerprint density at radius 1 is 1.56 bits per heavy atom. The fourth-order valence-electron chi connectivity index (χ4n) is 2.23. The summed E-state index contributed by atoms with van der Waals surface area (Å²) in [4.78, 5) is 11.6. The van der Waals surface area contributed by atoms with Crippen molar-refractivity contribution in [2.45, 2.75) is 53.4 Å². The van der Waals surface area contributed by atoms with Crippen LogP contribution in [0.25, 0.3) is 0 Å². The molecule has 0 aliphatic heterocycles. The van der Waals surface area contributed by atoms with Crippen LogP contribution in [0.1, 0.15) is 53.4 Å². The molecule has 1 unspecified atom stereocenters. The molecule has 0 bridgehead atoms. The van der Waals surface area contributed by atoms with Crippen molar-refractivity contribution in [1.29, 1.82) is 0 Å². The van der Waals surface area contributed by atoms with E-state index in [1.54, 1.807) is 0 Å². The van der Waals surface area contributed by atoms with Crippen molar-refractivity contribution < 1.29 is 4.79 Å². The van der Waals surface area contributed by atoms with Gasteiger partial charge < -0.3 is 0 Å². The Balaban J connectivity index is 2.41. The molecule has 0 saturated heterocycles. The van der Waals surface area contributed by atoms with E-state index in [0.717, 1.165) is 24.8 Å². The minimum Gasteiger partial charge on any atom is -0.295 e. The molecule has 0 aromatic carbocycles.